The van der Waals surface area contributed by atoms with Gasteiger partial charge in [-0.1, -0.05) is 37.3 Å². The van der Waals surface area contributed by atoms with Gasteiger partial charge in [0, 0.05) is 18.2 Å². The van der Waals surface area contributed by atoms with Gasteiger partial charge in [0.15, 0.2) is 18.2 Å². The van der Waals surface area contributed by atoms with Gasteiger partial charge in [-0.25, -0.2) is 8.78 Å². The van der Waals surface area contributed by atoms with E-state index in [0.29, 0.717) is 0 Å². The van der Waals surface area contributed by atoms with Crippen LogP contribution in [0.4, 0.5) is 8.78 Å². The maximum absolute atomic E-state index is 14.1. The molecule has 2 aromatic rings. The van der Waals surface area contributed by atoms with Crippen LogP contribution in [0.5, 0.6) is 5.75 Å². The SMILES string of the molecule is CC[C@@H](C)NC(=O)[C@H](C)N(Cc1ccccc1F)C(=O)COc1ccccc1F. The van der Waals surface area contributed by atoms with Crippen LogP contribution in [0.2, 0.25) is 0 Å². The molecule has 2 amide bonds. The molecule has 5 nitrogen and oxygen atoms in total. The quantitative estimate of drug-likeness (QED) is 0.694. The van der Waals surface area contributed by atoms with Gasteiger partial charge in [0.1, 0.15) is 11.9 Å². The van der Waals surface area contributed by atoms with Crippen molar-refractivity contribution in [3.63, 3.8) is 0 Å². The van der Waals surface area contributed by atoms with Crippen LogP contribution in [0.3, 0.4) is 0 Å². The van der Waals surface area contributed by atoms with E-state index in [0.717, 1.165) is 6.42 Å². The molecule has 0 aromatic heterocycles. The molecule has 2 aromatic carbocycles. The molecule has 156 valence electrons. The molecule has 0 heterocycles. The van der Waals surface area contributed by atoms with Gasteiger partial charge in [0.05, 0.1) is 0 Å². The zero-order chi connectivity index (χ0) is 21.4. The Balaban J connectivity index is 2.18. The van der Waals surface area contributed by atoms with Crippen molar-refractivity contribution < 1.29 is 23.1 Å². The summed E-state index contributed by atoms with van der Waals surface area (Å²) < 4.78 is 33.2. The number of nitrogens with one attached hydrogen (secondary N) is 1. The minimum atomic E-state index is -0.861. The molecule has 0 radical (unpaired) electrons. The summed E-state index contributed by atoms with van der Waals surface area (Å²) in [6, 6.07) is 10.8. The number of carbonyl (C=O) groups excluding carboxylic acids is 2. The van der Waals surface area contributed by atoms with Gasteiger partial charge in [-0.3, -0.25) is 9.59 Å². The highest BCUT2D eigenvalue weighted by Gasteiger charge is 2.28. The molecule has 0 unspecified atom stereocenters. The van der Waals surface area contributed by atoms with Crippen LogP contribution in [0.25, 0.3) is 0 Å². The number of amides is 2. The van der Waals surface area contributed by atoms with Crippen molar-refractivity contribution in [3.8, 4) is 5.75 Å². The largest absolute Gasteiger partial charge is 0.481 e. The number of halogens is 2. The van der Waals surface area contributed by atoms with Crippen LogP contribution in [0.15, 0.2) is 48.5 Å². The Morgan fingerprint density at radius 1 is 1.03 bits per heavy atom. The Kier molecular flexibility index (Phi) is 8.12. The van der Waals surface area contributed by atoms with E-state index in [-0.39, 0.29) is 29.8 Å². The van der Waals surface area contributed by atoms with Gasteiger partial charge in [0.25, 0.3) is 5.91 Å². The van der Waals surface area contributed by atoms with Crippen LogP contribution in [0.1, 0.15) is 32.8 Å². The standard InChI is InChI=1S/C22H26F2N2O3/c1-4-15(2)25-22(28)16(3)26(13-17-9-5-6-10-18(17)23)21(27)14-29-20-12-8-7-11-19(20)24/h5-12,15-16H,4,13-14H2,1-3H3,(H,25,28)/t15-,16+/m1/s1. The zero-order valence-electron chi connectivity index (χ0n) is 16.8. The molecule has 1 N–H and O–H groups in total. The first-order chi connectivity index (χ1) is 13.8. The second-order valence-electron chi connectivity index (χ2n) is 6.83. The average molecular weight is 404 g/mol. The Morgan fingerprint density at radius 3 is 2.28 bits per heavy atom. The molecule has 0 spiro atoms. The van der Waals surface area contributed by atoms with Crippen molar-refractivity contribution in [1.82, 2.24) is 10.2 Å². The number of hydrogen-bond acceptors (Lipinski definition) is 3. The zero-order valence-corrected chi connectivity index (χ0v) is 16.8. The number of ether oxygens (including phenoxy) is 1. The summed E-state index contributed by atoms with van der Waals surface area (Å²) in [6.07, 6.45) is 0.732. The van der Waals surface area contributed by atoms with E-state index in [1.165, 1.54) is 29.2 Å². The number of hydrogen-bond donors (Lipinski definition) is 1. The van der Waals surface area contributed by atoms with E-state index in [9.17, 15) is 18.4 Å². The van der Waals surface area contributed by atoms with Crippen molar-refractivity contribution in [2.75, 3.05) is 6.61 Å². The Morgan fingerprint density at radius 2 is 1.66 bits per heavy atom. The first-order valence-corrected chi connectivity index (χ1v) is 9.54. The third-order valence-electron chi connectivity index (χ3n) is 4.65. The molecule has 0 fully saturated rings. The van der Waals surface area contributed by atoms with Gasteiger partial charge in [0.2, 0.25) is 5.91 Å². The van der Waals surface area contributed by atoms with E-state index >= 15 is 0 Å². The van der Waals surface area contributed by atoms with Crippen molar-refractivity contribution in [2.24, 2.45) is 0 Å². The van der Waals surface area contributed by atoms with Crippen molar-refractivity contribution in [3.05, 3.63) is 65.7 Å². The molecule has 2 rings (SSSR count). The van der Waals surface area contributed by atoms with E-state index in [4.69, 9.17) is 4.74 Å². The molecular weight excluding hydrogens is 378 g/mol. The van der Waals surface area contributed by atoms with Crippen molar-refractivity contribution in [2.45, 2.75) is 45.8 Å². The summed E-state index contributed by atoms with van der Waals surface area (Å²) in [4.78, 5) is 26.6. The molecule has 7 heteroatoms. The molecular formula is C22H26F2N2O3. The normalized spacial score (nSPS) is 12.7. The minimum absolute atomic E-state index is 0.0648. The van der Waals surface area contributed by atoms with Gasteiger partial charge in [-0.15, -0.1) is 0 Å². The Labute approximate surface area is 169 Å². The maximum atomic E-state index is 14.1. The smallest absolute Gasteiger partial charge is 0.261 e. The van der Waals surface area contributed by atoms with E-state index < -0.39 is 30.2 Å². The summed E-state index contributed by atoms with van der Waals surface area (Å²) >= 11 is 0. The lowest BCUT2D eigenvalue weighted by Crippen LogP contribution is -2.50. The van der Waals surface area contributed by atoms with Gasteiger partial charge >= 0.3 is 0 Å². The first kappa shape index (κ1) is 22.3. The van der Waals surface area contributed by atoms with Crippen molar-refractivity contribution in [1.29, 1.82) is 0 Å². The number of benzene rings is 2. The molecule has 0 aliphatic rings. The van der Waals surface area contributed by atoms with E-state index in [1.54, 1.807) is 31.2 Å². The van der Waals surface area contributed by atoms with Gasteiger partial charge < -0.3 is 15.0 Å². The predicted molar refractivity (Wildman–Crippen MR) is 106 cm³/mol. The second-order valence-corrected chi connectivity index (χ2v) is 6.83. The fourth-order valence-corrected chi connectivity index (χ4v) is 2.64. The molecule has 0 saturated heterocycles. The fraction of sp³-hybridized carbons (Fsp3) is 0.364. The van der Waals surface area contributed by atoms with Gasteiger partial charge in [-0.05, 0) is 38.5 Å². The molecule has 0 saturated carbocycles. The highest BCUT2D eigenvalue weighted by molar-refractivity contribution is 5.88. The topological polar surface area (TPSA) is 58.6 Å². The fourth-order valence-electron chi connectivity index (χ4n) is 2.64. The summed E-state index contributed by atoms with van der Waals surface area (Å²) in [5.41, 5.74) is 0.273. The van der Waals surface area contributed by atoms with Crippen LogP contribution in [0, 0.1) is 11.6 Å². The number of para-hydroxylation sites is 1. The number of carbonyl (C=O) groups is 2. The van der Waals surface area contributed by atoms with E-state index in [1.807, 2.05) is 13.8 Å². The third kappa shape index (κ3) is 6.27. The van der Waals surface area contributed by atoms with Crippen LogP contribution in [-0.2, 0) is 16.1 Å². The summed E-state index contributed by atoms with van der Waals surface area (Å²) in [6.45, 7) is 4.77. The lowest BCUT2D eigenvalue weighted by atomic mass is 10.1. The molecule has 0 aliphatic carbocycles. The van der Waals surface area contributed by atoms with Gasteiger partial charge in [-0.2, -0.15) is 0 Å². The second kappa shape index (κ2) is 10.5. The Hall–Kier alpha value is -2.96. The minimum Gasteiger partial charge on any atom is -0.481 e. The monoisotopic (exact) mass is 404 g/mol. The molecule has 29 heavy (non-hydrogen) atoms. The lowest BCUT2D eigenvalue weighted by molar-refractivity contribution is -0.142. The average Bonchev–Trinajstić information content (AvgIpc) is 2.71. The third-order valence-corrected chi connectivity index (χ3v) is 4.65. The number of rotatable bonds is 9. The lowest BCUT2D eigenvalue weighted by Gasteiger charge is -2.29. The summed E-state index contributed by atoms with van der Waals surface area (Å²) in [5, 5.41) is 2.82. The first-order valence-electron chi connectivity index (χ1n) is 9.54. The Bertz CT molecular complexity index is 844. The maximum Gasteiger partial charge on any atom is 0.261 e. The van der Waals surface area contributed by atoms with Crippen LogP contribution < -0.4 is 10.1 Å². The van der Waals surface area contributed by atoms with Crippen LogP contribution >= 0.6 is 0 Å². The predicted octanol–water partition coefficient (Wildman–Crippen LogP) is 3.68. The molecule has 0 bridgehead atoms. The number of nitrogens with zero attached hydrogens (tertiary/aromatic N) is 1. The molecule has 2 atom stereocenters. The summed E-state index contributed by atoms with van der Waals surface area (Å²) in [5.74, 6) is -2.04. The highest BCUT2D eigenvalue weighted by atomic mass is 19.1. The van der Waals surface area contributed by atoms with Crippen LogP contribution in [-0.4, -0.2) is 35.4 Å². The van der Waals surface area contributed by atoms with E-state index in [2.05, 4.69) is 5.32 Å². The molecule has 0 aliphatic heterocycles. The highest BCUT2D eigenvalue weighted by Crippen LogP contribution is 2.17. The summed E-state index contributed by atoms with van der Waals surface area (Å²) in [7, 11) is 0. The van der Waals surface area contributed by atoms with Crippen molar-refractivity contribution >= 4 is 11.8 Å².